The van der Waals surface area contributed by atoms with Crippen LogP contribution in [-0.4, -0.2) is 20.7 Å². The van der Waals surface area contributed by atoms with Gasteiger partial charge in [0.1, 0.15) is 6.33 Å². The first kappa shape index (κ1) is 22.2. The molecule has 2 N–H and O–H groups in total. The molecule has 0 aliphatic heterocycles. The molecule has 4 rings (SSSR count). The molecule has 34 heavy (non-hydrogen) atoms. The van der Waals surface area contributed by atoms with Crippen molar-refractivity contribution in [3.63, 3.8) is 0 Å². The topological polar surface area (TPSA) is 135 Å². The van der Waals surface area contributed by atoms with Crippen LogP contribution < -0.4 is 10.6 Å². The van der Waals surface area contributed by atoms with Crippen LogP contribution in [0.25, 0.3) is 0 Å². The normalized spacial score (nSPS) is 10.7. The summed E-state index contributed by atoms with van der Waals surface area (Å²) in [5.74, 6) is -0.102. The number of nitro groups is 1. The third-order valence-corrected chi connectivity index (χ3v) is 4.70. The highest BCUT2D eigenvalue weighted by Crippen LogP contribution is 2.33. The van der Waals surface area contributed by atoms with Crippen molar-refractivity contribution in [3.05, 3.63) is 101 Å². The minimum Gasteiger partial charge on any atom is -0.334 e. The predicted molar refractivity (Wildman–Crippen MR) is 129 cm³/mol. The van der Waals surface area contributed by atoms with Crippen LogP contribution in [0.1, 0.15) is 17.3 Å². The van der Waals surface area contributed by atoms with Gasteiger partial charge < -0.3 is 10.6 Å². The van der Waals surface area contributed by atoms with Crippen molar-refractivity contribution in [2.75, 3.05) is 10.6 Å². The van der Waals surface area contributed by atoms with E-state index in [4.69, 9.17) is 0 Å². The summed E-state index contributed by atoms with van der Waals surface area (Å²) < 4.78 is 0. The lowest BCUT2D eigenvalue weighted by Crippen LogP contribution is -2.05. The predicted octanol–water partition coefficient (Wildman–Crippen LogP) is 6.49. The van der Waals surface area contributed by atoms with Crippen LogP contribution in [0, 0.1) is 10.1 Å². The Bertz CT molecular complexity index is 1360. The summed E-state index contributed by atoms with van der Waals surface area (Å²) in [4.78, 5) is 31.0. The van der Waals surface area contributed by atoms with Crippen molar-refractivity contribution in [1.82, 2.24) is 9.97 Å². The van der Waals surface area contributed by atoms with E-state index in [1.165, 1.54) is 13.3 Å². The number of carbonyl (C=O) groups excluding carboxylic acids is 1. The summed E-state index contributed by atoms with van der Waals surface area (Å²) in [5.41, 5.74) is 2.57. The van der Waals surface area contributed by atoms with Crippen molar-refractivity contribution in [3.8, 4) is 0 Å². The molecule has 0 amide bonds. The third-order valence-electron chi connectivity index (χ3n) is 4.70. The standard InChI is InChI=1S/C24H19N7O3/c1-16(32)17-6-5-9-21(14-17)28-24-22(31(33)34)23(25-15-26-24)27-18-10-12-20(13-11-18)30-29-19-7-3-2-4-8-19/h2-15H,1H3,(H2,25,26,27,28). The third kappa shape index (κ3) is 5.43. The van der Waals surface area contributed by atoms with Gasteiger partial charge in [0.25, 0.3) is 0 Å². The van der Waals surface area contributed by atoms with Crippen LogP contribution in [0.3, 0.4) is 0 Å². The smallest absolute Gasteiger partial charge is 0.334 e. The first-order valence-electron chi connectivity index (χ1n) is 10.2. The molecule has 0 aliphatic rings. The number of Topliss-reactive ketones (excluding diaryl/α,β-unsaturated/α-hetero) is 1. The summed E-state index contributed by atoms with van der Waals surface area (Å²) in [5, 5.41) is 26.0. The Morgan fingerprint density at radius 2 is 1.44 bits per heavy atom. The lowest BCUT2D eigenvalue weighted by molar-refractivity contribution is -0.383. The average Bonchev–Trinajstić information content (AvgIpc) is 2.84. The molecule has 3 aromatic carbocycles. The van der Waals surface area contributed by atoms with Crippen LogP contribution in [0.2, 0.25) is 0 Å². The molecule has 168 valence electrons. The van der Waals surface area contributed by atoms with Crippen LogP contribution in [0.5, 0.6) is 0 Å². The second-order valence-corrected chi connectivity index (χ2v) is 7.15. The van der Waals surface area contributed by atoms with Crippen molar-refractivity contribution in [2.45, 2.75) is 6.92 Å². The van der Waals surface area contributed by atoms with Crippen LogP contribution in [0.4, 0.5) is 40.1 Å². The SMILES string of the molecule is CC(=O)c1cccc(Nc2ncnc(Nc3ccc(N=Nc4ccccc4)cc3)c2[N+](=O)[O-])c1. The van der Waals surface area contributed by atoms with E-state index in [1.807, 2.05) is 30.3 Å². The number of rotatable bonds is 8. The molecule has 0 fully saturated rings. The highest BCUT2D eigenvalue weighted by atomic mass is 16.6. The fraction of sp³-hybridized carbons (Fsp3) is 0.0417. The maximum absolute atomic E-state index is 11.8. The summed E-state index contributed by atoms with van der Waals surface area (Å²) in [6.45, 7) is 1.45. The van der Waals surface area contributed by atoms with Gasteiger partial charge in [-0.1, -0.05) is 30.3 Å². The molecular formula is C24H19N7O3. The van der Waals surface area contributed by atoms with E-state index in [-0.39, 0.29) is 23.1 Å². The number of nitrogens with zero attached hydrogens (tertiary/aromatic N) is 5. The molecule has 0 spiro atoms. The van der Waals surface area contributed by atoms with Gasteiger partial charge in [0.05, 0.1) is 16.3 Å². The summed E-state index contributed by atoms with van der Waals surface area (Å²) in [6.07, 6.45) is 1.22. The van der Waals surface area contributed by atoms with E-state index in [0.717, 1.165) is 5.69 Å². The molecular weight excluding hydrogens is 434 g/mol. The van der Waals surface area contributed by atoms with E-state index < -0.39 is 4.92 Å². The lowest BCUT2D eigenvalue weighted by Gasteiger charge is -2.10. The van der Waals surface area contributed by atoms with Gasteiger partial charge in [0.15, 0.2) is 5.78 Å². The zero-order valence-electron chi connectivity index (χ0n) is 18.0. The molecule has 1 aromatic heterocycles. The molecule has 0 radical (unpaired) electrons. The van der Waals surface area contributed by atoms with Gasteiger partial charge in [0.2, 0.25) is 11.6 Å². The molecule has 0 atom stereocenters. The molecule has 1 heterocycles. The number of aromatic nitrogens is 2. The quantitative estimate of drug-likeness (QED) is 0.135. The summed E-state index contributed by atoms with van der Waals surface area (Å²) in [6, 6.07) is 22.9. The highest BCUT2D eigenvalue weighted by Gasteiger charge is 2.23. The fourth-order valence-electron chi connectivity index (χ4n) is 3.05. The Balaban J connectivity index is 1.55. The number of ketones is 1. The number of nitrogens with one attached hydrogen (secondary N) is 2. The Kier molecular flexibility index (Phi) is 6.59. The zero-order chi connectivity index (χ0) is 23.9. The van der Waals surface area contributed by atoms with Crippen LogP contribution in [0.15, 0.2) is 95.4 Å². The maximum atomic E-state index is 11.8. The van der Waals surface area contributed by atoms with Crippen molar-refractivity contribution in [2.24, 2.45) is 10.2 Å². The van der Waals surface area contributed by atoms with Gasteiger partial charge in [0, 0.05) is 16.9 Å². The first-order chi connectivity index (χ1) is 16.5. The Morgan fingerprint density at radius 1 is 0.824 bits per heavy atom. The monoisotopic (exact) mass is 453 g/mol. The maximum Gasteiger partial charge on any atom is 0.353 e. The van der Waals surface area contributed by atoms with Crippen LogP contribution >= 0.6 is 0 Å². The molecule has 0 saturated carbocycles. The average molecular weight is 453 g/mol. The molecule has 4 aromatic rings. The van der Waals surface area contributed by atoms with E-state index in [0.29, 0.717) is 22.6 Å². The molecule has 10 heteroatoms. The van der Waals surface area contributed by atoms with Crippen molar-refractivity contribution >= 4 is 45.9 Å². The second kappa shape index (κ2) is 10.1. The van der Waals surface area contributed by atoms with Crippen molar-refractivity contribution < 1.29 is 9.72 Å². The van der Waals surface area contributed by atoms with Gasteiger partial charge >= 0.3 is 5.69 Å². The van der Waals surface area contributed by atoms with E-state index >= 15 is 0 Å². The molecule has 0 saturated heterocycles. The number of benzene rings is 3. The minimum atomic E-state index is -0.568. The molecule has 0 aliphatic carbocycles. The Hall–Kier alpha value is -4.99. The minimum absolute atomic E-state index is 0.00326. The van der Waals surface area contributed by atoms with E-state index in [9.17, 15) is 14.9 Å². The van der Waals surface area contributed by atoms with Crippen molar-refractivity contribution in [1.29, 1.82) is 0 Å². The van der Waals surface area contributed by atoms with Gasteiger partial charge in [-0.3, -0.25) is 14.9 Å². The molecule has 0 unspecified atom stereocenters. The number of hydrogen-bond acceptors (Lipinski definition) is 9. The van der Waals surface area contributed by atoms with Gasteiger partial charge in [-0.2, -0.15) is 10.2 Å². The van der Waals surface area contributed by atoms with Crippen LogP contribution in [-0.2, 0) is 0 Å². The number of carbonyl (C=O) groups is 1. The largest absolute Gasteiger partial charge is 0.353 e. The fourth-order valence-corrected chi connectivity index (χ4v) is 3.05. The highest BCUT2D eigenvalue weighted by molar-refractivity contribution is 5.95. The second-order valence-electron chi connectivity index (χ2n) is 7.15. The van der Waals surface area contributed by atoms with E-state index in [2.05, 4.69) is 30.8 Å². The number of anilines is 4. The molecule has 10 nitrogen and oxygen atoms in total. The molecule has 0 bridgehead atoms. The lowest BCUT2D eigenvalue weighted by atomic mass is 10.1. The van der Waals surface area contributed by atoms with Gasteiger partial charge in [-0.05, 0) is 55.5 Å². The Morgan fingerprint density at radius 3 is 2.06 bits per heavy atom. The number of azo groups is 1. The zero-order valence-corrected chi connectivity index (χ0v) is 18.0. The van der Waals surface area contributed by atoms with Gasteiger partial charge in [-0.25, -0.2) is 9.97 Å². The summed E-state index contributed by atoms with van der Waals surface area (Å²) >= 11 is 0. The number of hydrogen-bond donors (Lipinski definition) is 2. The summed E-state index contributed by atoms with van der Waals surface area (Å²) in [7, 11) is 0. The van der Waals surface area contributed by atoms with Gasteiger partial charge in [-0.15, -0.1) is 0 Å². The first-order valence-corrected chi connectivity index (χ1v) is 10.2. The van der Waals surface area contributed by atoms with E-state index in [1.54, 1.807) is 48.5 Å². The Labute approximate surface area is 194 Å².